The van der Waals surface area contributed by atoms with Crippen molar-refractivity contribution in [3.05, 3.63) is 47.4 Å². The SMILES string of the molecule is O=C(O)c1ccnc(Sc2ccncc2Cl)c1. The highest BCUT2D eigenvalue weighted by atomic mass is 35.5. The Balaban J connectivity index is 2.28. The van der Waals surface area contributed by atoms with Crippen molar-refractivity contribution in [2.45, 2.75) is 9.92 Å². The second-order valence-electron chi connectivity index (χ2n) is 3.10. The van der Waals surface area contributed by atoms with Gasteiger partial charge in [0.2, 0.25) is 0 Å². The molecule has 1 N–H and O–H groups in total. The lowest BCUT2D eigenvalue weighted by molar-refractivity contribution is 0.0696. The first-order valence-electron chi connectivity index (χ1n) is 4.63. The van der Waals surface area contributed by atoms with Crippen molar-refractivity contribution < 1.29 is 9.90 Å². The molecule has 0 aromatic carbocycles. The molecule has 0 aliphatic heterocycles. The first-order chi connectivity index (χ1) is 8.16. The molecule has 4 nitrogen and oxygen atoms in total. The molecule has 0 saturated carbocycles. The van der Waals surface area contributed by atoms with Gasteiger partial charge in [0.25, 0.3) is 0 Å². The molecule has 2 aromatic rings. The van der Waals surface area contributed by atoms with Gasteiger partial charge < -0.3 is 5.11 Å². The maximum atomic E-state index is 10.8. The second-order valence-corrected chi connectivity index (χ2v) is 4.57. The molecule has 17 heavy (non-hydrogen) atoms. The zero-order valence-corrected chi connectivity index (χ0v) is 10.1. The first kappa shape index (κ1) is 11.9. The summed E-state index contributed by atoms with van der Waals surface area (Å²) in [7, 11) is 0. The highest BCUT2D eigenvalue weighted by molar-refractivity contribution is 7.99. The normalized spacial score (nSPS) is 10.2. The van der Waals surface area contributed by atoms with E-state index in [0.29, 0.717) is 10.0 Å². The van der Waals surface area contributed by atoms with Crippen LogP contribution in [0.25, 0.3) is 0 Å². The van der Waals surface area contributed by atoms with E-state index in [1.807, 2.05) is 0 Å². The third-order valence-electron chi connectivity index (χ3n) is 1.93. The van der Waals surface area contributed by atoms with Gasteiger partial charge in [-0.15, -0.1) is 0 Å². The van der Waals surface area contributed by atoms with E-state index in [2.05, 4.69) is 9.97 Å². The van der Waals surface area contributed by atoms with Gasteiger partial charge in [0.15, 0.2) is 0 Å². The minimum absolute atomic E-state index is 0.202. The fourth-order valence-electron chi connectivity index (χ4n) is 1.16. The summed E-state index contributed by atoms with van der Waals surface area (Å²) in [4.78, 5) is 19.5. The molecule has 0 saturated heterocycles. The van der Waals surface area contributed by atoms with E-state index in [0.717, 1.165) is 4.90 Å². The molecular weight excluding hydrogens is 260 g/mol. The lowest BCUT2D eigenvalue weighted by Crippen LogP contribution is -1.96. The molecule has 2 aromatic heterocycles. The van der Waals surface area contributed by atoms with Crippen LogP contribution in [-0.2, 0) is 0 Å². The van der Waals surface area contributed by atoms with Gasteiger partial charge in [-0.25, -0.2) is 9.78 Å². The lowest BCUT2D eigenvalue weighted by Gasteiger charge is -2.03. The maximum Gasteiger partial charge on any atom is 0.335 e. The Bertz CT molecular complexity index is 563. The second kappa shape index (κ2) is 5.16. The van der Waals surface area contributed by atoms with E-state index in [9.17, 15) is 4.79 Å². The summed E-state index contributed by atoms with van der Waals surface area (Å²) in [6.07, 6.45) is 4.61. The summed E-state index contributed by atoms with van der Waals surface area (Å²) in [5.74, 6) is -0.977. The van der Waals surface area contributed by atoms with Crippen LogP contribution in [0.15, 0.2) is 46.7 Å². The highest BCUT2D eigenvalue weighted by Crippen LogP contribution is 2.31. The van der Waals surface area contributed by atoms with Crippen LogP contribution in [0.2, 0.25) is 5.02 Å². The number of carboxylic acid groups (broad SMARTS) is 1. The van der Waals surface area contributed by atoms with E-state index >= 15 is 0 Å². The van der Waals surface area contributed by atoms with Crippen LogP contribution in [0.3, 0.4) is 0 Å². The first-order valence-corrected chi connectivity index (χ1v) is 5.83. The van der Waals surface area contributed by atoms with E-state index in [-0.39, 0.29) is 5.56 Å². The van der Waals surface area contributed by atoms with Crippen LogP contribution >= 0.6 is 23.4 Å². The summed E-state index contributed by atoms with van der Waals surface area (Å²) in [6.45, 7) is 0. The van der Waals surface area contributed by atoms with Gasteiger partial charge in [0, 0.05) is 23.5 Å². The minimum Gasteiger partial charge on any atom is -0.478 e. The van der Waals surface area contributed by atoms with Gasteiger partial charge in [-0.3, -0.25) is 4.98 Å². The fourth-order valence-corrected chi connectivity index (χ4v) is 2.20. The number of halogens is 1. The van der Waals surface area contributed by atoms with Gasteiger partial charge in [0.1, 0.15) is 5.03 Å². The van der Waals surface area contributed by atoms with Crippen molar-refractivity contribution in [3.8, 4) is 0 Å². The molecule has 0 spiro atoms. The topological polar surface area (TPSA) is 63.1 Å². The molecule has 86 valence electrons. The number of carboxylic acids is 1. The van der Waals surface area contributed by atoms with Gasteiger partial charge >= 0.3 is 5.97 Å². The van der Waals surface area contributed by atoms with E-state index in [4.69, 9.17) is 16.7 Å². The Morgan fingerprint density at radius 1 is 1.35 bits per heavy atom. The highest BCUT2D eigenvalue weighted by Gasteiger charge is 2.07. The van der Waals surface area contributed by atoms with Crippen molar-refractivity contribution >= 4 is 29.3 Å². The summed E-state index contributed by atoms with van der Waals surface area (Å²) >= 11 is 7.25. The van der Waals surface area contributed by atoms with Crippen molar-refractivity contribution in [2.24, 2.45) is 0 Å². The number of hydrogen-bond donors (Lipinski definition) is 1. The molecule has 6 heteroatoms. The van der Waals surface area contributed by atoms with Crippen molar-refractivity contribution in [1.82, 2.24) is 9.97 Å². The largest absolute Gasteiger partial charge is 0.478 e. The third-order valence-corrected chi connectivity index (χ3v) is 3.35. The van der Waals surface area contributed by atoms with Crippen LogP contribution in [0.1, 0.15) is 10.4 Å². The van der Waals surface area contributed by atoms with Gasteiger partial charge in [0.05, 0.1) is 10.6 Å². The van der Waals surface area contributed by atoms with Crippen LogP contribution in [-0.4, -0.2) is 21.0 Å². The number of rotatable bonds is 3. The van der Waals surface area contributed by atoms with Crippen molar-refractivity contribution in [2.75, 3.05) is 0 Å². The van der Waals surface area contributed by atoms with Gasteiger partial charge in [-0.2, -0.15) is 0 Å². The molecule has 0 radical (unpaired) electrons. The monoisotopic (exact) mass is 266 g/mol. The molecular formula is C11H7ClN2O2S. The lowest BCUT2D eigenvalue weighted by atomic mass is 10.3. The predicted octanol–water partition coefficient (Wildman–Crippen LogP) is 2.98. The van der Waals surface area contributed by atoms with Gasteiger partial charge in [-0.1, -0.05) is 23.4 Å². The quantitative estimate of drug-likeness (QED) is 0.925. The predicted molar refractivity (Wildman–Crippen MR) is 64.6 cm³/mol. The number of nitrogens with zero attached hydrogens (tertiary/aromatic N) is 2. The number of hydrogen-bond acceptors (Lipinski definition) is 4. The van der Waals surface area contributed by atoms with Crippen molar-refractivity contribution in [3.63, 3.8) is 0 Å². The maximum absolute atomic E-state index is 10.8. The molecule has 0 aliphatic rings. The molecule has 0 unspecified atom stereocenters. The van der Waals surface area contributed by atoms with E-state index in [1.165, 1.54) is 36.3 Å². The fraction of sp³-hybridized carbons (Fsp3) is 0. The average molecular weight is 267 g/mol. The van der Waals surface area contributed by atoms with Crippen molar-refractivity contribution in [1.29, 1.82) is 0 Å². The summed E-state index contributed by atoms with van der Waals surface area (Å²) in [5, 5.41) is 9.95. The Labute approximate surface area is 107 Å². The molecule has 2 rings (SSSR count). The number of carbonyl (C=O) groups is 1. The number of aromatic carboxylic acids is 1. The number of pyridine rings is 2. The molecule has 0 bridgehead atoms. The van der Waals surface area contributed by atoms with E-state index < -0.39 is 5.97 Å². The summed E-state index contributed by atoms with van der Waals surface area (Å²) in [5.41, 5.74) is 0.202. The van der Waals surface area contributed by atoms with E-state index in [1.54, 1.807) is 12.3 Å². The Hall–Kier alpha value is -1.59. The molecule has 0 aliphatic carbocycles. The Kier molecular flexibility index (Phi) is 3.61. The Morgan fingerprint density at radius 2 is 2.18 bits per heavy atom. The zero-order valence-electron chi connectivity index (χ0n) is 8.50. The zero-order chi connectivity index (χ0) is 12.3. The smallest absolute Gasteiger partial charge is 0.335 e. The molecule has 0 fully saturated rings. The molecule has 0 atom stereocenters. The average Bonchev–Trinajstić information content (AvgIpc) is 2.32. The van der Waals surface area contributed by atoms with Crippen LogP contribution in [0.4, 0.5) is 0 Å². The summed E-state index contributed by atoms with van der Waals surface area (Å²) in [6, 6.07) is 4.70. The minimum atomic E-state index is -0.977. The third kappa shape index (κ3) is 2.95. The standard InChI is InChI=1S/C11H7ClN2O2S/c12-8-6-13-3-2-9(8)17-10-5-7(11(15)16)1-4-14-10/h1-6H,(H,15,16). The summed E-state index contributed by atoms with van der Waals surface area (Å²) < 4.78 is 0. The number of aromatic nitrogens is 2. The van der Waals surface area contributed by atoms with Crippen LogP contribution in [0, 0.1) is 0 Å². The molecule has 2 heterocycles. The van der Waals surface area contributed by atoms with Crippen LogP contribution < -0.4 is 0 Å². The van der Waals surface area contributed by atoms with Gasteiger partial charge in [-0.05, 0) is 18.2 Å². The molecule has 0 amide bonds. The van der Waals surface area contributed by atoms with Crippen LogP contribution in [0.5, 0.6) is 0 Å². The Morgan fingerprint density at radius 3 is 2.88 bits per heavy atom.